The normalized spacial score (nSPS) is 16.0. The zero-order valence-corrected chi connectivity index (χ0v) is 30.9. The molecule has 0 amide bonds. The molecule has 1 heterocycles. The smallest absolute Gasteiger partial charge is 0.159 e. The summed E-state index contributed by atoms with van der Waals surface area (Å²) in [5.74, 6) is 1.54. The standard InChI is InChI=1S/C54H33N3/c1-2-12-34(13-3-1)51-55-52(35-26-28-41-39-18-5-4-16-37(39)38-17-6-7-19-40(38)44(41)30-35)57-53(56-51)36-27-29-43-42-20-8-9-21-45(42)54(48(43)31-36)46-22-10-14-32-24-25-33-15-11-23-47(54)50(33)49(32)46/h1-31,53H,(H,55,56,57). The van der Waals surface area contributed by atoms with Gasteiger partial charge in [0.2, 0.25) is 0 Å². The quantitative estimate of drug-likeness (QED) is 0.181. The molecule has 0 radical (unpaired) electrons. The maximum Gasteiger partial charge on any atom is 0.159 e. The molecule has 13 rings (SSSR count). The third-order valence-corrected chi connectivity index (χ3v) is 12.9. The largest absolute Gasteiger partial charge is 0.344 e. The van der Waals surface area contributed by atoms with Crippen molar-refractivity contribution in [3.05, 3.63) is 227 Å². The van der Waals surface area contributed by atoms with Gasteiger partial charge in [-0.1, -0.05) is 176 Å². The first kappa shape index (κ1) is 30.9. The summed E-state index contributed by atoms with van der Waals surface area (Å²) in [4.78, 5) is 10.6. The predicted molar refractivity (Wildman–Crippen MR) is 237 cm³/mol. The van der Waals surface area contributed by atoms with Crippen molar-refractivity contribution >= 4 is 65.5 Å². The number of nitrogens with one attached hydrogen (secondary N) is 1. The molecule has 1 spiro atoms. The molecule has 3 aliphatic rings. The van der Waals surface area contributed by atoms with Crippen molar-refractivity contribution in [2.75, 3.05) is 0 Å². The number of fused-ring (bicyclic) bond motifs is 13. The van der Waals surface area contributed by atoms with Gasteiger partial charge in [0.15, 0.2) is 5.84 Å². The third kappa shape index (κ3) is 4.10. The molecule has 10 aromatic carbocycles. The van der Waals surface area contributed by atoms with Crippen LogP contribution in [-0.4, -0.2) is 11.7 Å². The lowest BCUT2D eigenvalue weighted by Gasteiger charge is -2.31. The van der Waals surface area contributed by atoms with Crippen LogP contribution in [0.3, 0.4) is 0 Å². The molecule has 0 bridgehead atoms. The van der Waals surface area contributed by atoms with Crippen molar-refractivity contribution in [2.45, 2.75) is 11.6 Å². The number of aliphatic imine (C=N–C) groups is 2. The highest BCUT2D eigenvalue weighted by atomic mass is 15.2. The zero-order valence-electron chi connectivity index (χ0n) is 30.9. The zero-order chi connectivity index (χ0) is 37.2. The van der Waals surface area contributed by atoms with E-state index in [1.54, 1.807) is 0 Å². The average molecular weight is 724 g/mol. The van der Waals surface area contributed by atoms with E-state index < -0.39 is 5.41 Å². The van der Waals surface area contributed by atoms with Crippen LogP contribution >= 0.6 is 0 Å². The molecular weight excluding hydrogens is 691 g/mol. The van der Waals surface area contributed by atoms with Gasteiger partial charge in [0.05, 0.1) is 5.41 Å². The van der Waals surface area contributed by atoms with Gasteiger partial charge in [0.1, 0.15) is 12.0 Å². The van der Waals surface area contributed by atoms with Crippen molar-refractivity contribution in [3.8, 4) is 11.1 Å². The summed E-state index contributed by atoms with van der Waals surface area (Å²) in [6.07, 6.45) is -0.363. The summed E-state index contributed by atoms with van der Waals surface area (Å²) in [6.45, 7) is 0. The Bertz CT molecular complexity index is 3350. The first-order valence-corrected chi connectivity index (χ1v) is 19.8. The van der Waals surface area contributed by atoms with Crippen LogP contribution in [0.25, 0.3) is 65.0 Å². The van der Waals surface area contributed by atoms with E-state index >= 15 is 0 Å². The predicted octanol–water partition coefficient (Wildman–Crippen LogP) is 12.6. The fraction of sp³-hybridized carbons (Fsp3) is 0.0370. The second-order valence-corrected chi connectivity index (χ2v) is 15.7. The van der Waals surface area contributed by atoms with Gasteiger partial charge in [-0.2, -0.15) is 0 Å². The van der Waals surface area contributed by atoms with Crippen LogP contribution in [0.4, 0.5) is 0 Å². The number of hydrogen-bond acceptors (Lipinski definition) is 3. The second kappa shape index (κ2) is 11.3. The second-order valence-electron chi connectivity index (χ2n) is 15.7. The minimum atomic E-state index is -0.440. The minimum Gasteiger partial charge on any atom is -0.344 e. The van der Waals surface area contributed by atoms with E-state index in [-0.39, 0.29) is 6.17 Å². The Hall–Kier alpha value is -7.36. The molecule has 0 saturated heterocycles. The van der Waals surface area contributed by atoms with Crippen LogP contribution in [0.1, 0.15) is 45.1 Å². The lowest BCUT2D eigenvalue weighted by molar-refractivity contribution is 0.671. The van der Waals surface area contributed by atoms with Gasteiger partial charge >= 0.3 is 0 Å². The maximum absolute atomic E-state index is 5.38. The van der Waals surface area contributed by atoms with Crippen LogP contribution in [-0.2, 0) is 5.41 Å². The Morgan fingerprint density at radius 2 is 0.982 bits per heavy atom. The molecular formula is C54H33N3. The summed E-state index contributed by atoms with van der Waals surface area (Å²) in [6, 6.07) is 69.0. The van der Waals surface area contributed by atoms with Gasteiger partial charge in [-0.15, -0.1) is 0 Å². The van der Waals surface area contributed by atoms with Gasteiger partial charge in [-0.25, -0.2) is 9.98 Å². The van der Waals surface area contributed by atoms with E-state index in [2.05, 4.69) is 187 Å². The summed E-state index contributed by atoms with van der Waals surface area (Å²) >= 11 is 0. The molecule has 0 fully saturated rings. The Morgan fingerprint density at radius 1 is 0.404 bits per heavy atom. The van der Waals surface area contributed by atoms with E-state index in [0.29, 0.717) is 0 Å². The topological polar surface area (TPSA) is 36.8 Å². The van der Waals surface area contributed by atoms with E-state index in [4.69, 9.17) is 9.98 Å². The van der Waals surface area contributed by atoms with E-state index in [1.165, 1.54) is 87.2 Å². The first-order valence-electron chi connectivity index (χ1n) is 19.8. The molecule has 10 aromatic rings. The first-order chi connectivity index (χ1) is 28.3. The highest BCUT2D eigenvalue weighted by molar-refractivity contribution is 6.26. The average Bonchev–Trinajstić information content (AvgIpc) is 3.76. The lowest BCUT2D eigenvalue weighted by atomic mass is 9.70. The molecule has 3 heteroatoms. The van der Waals surface area contributed by atoms with Crippen LogP contribution in [0.2, 0.25) is 0 Å². The minimum absolute atomic E-state index is 0.363. The highest BCUT2D eigenvalue weighted by Gasteiger charge is 2.50. The Morgan fingerprint density at radius 3 is 1.68 bits per heavy atom. The van der Waals surface area contributed by atoms with Crippen molar-refractivity contribution in [1.29, 1.82) is 0 Å². The van der Waals surface area contributed by atoms with Crippen LogP contribution in [0, 0.1) is 0 Å². The monoisotopic (exact) mass is 723 g/mol. The number of rotatable bonds is 3. The Labute approximate surface area is 329 Å². The van der Waals surface area contributed by atoms with Gasteiger partial charge in [-0.3, -0.25) is 0 Å². The van der Waals surface area contributed by atoms with Gasteiger partial charge in [0, 0.05) is 11.1 Å². The van der Waals surface area contributed by atoms with E-state index in [9.17, 15) is 0 Å². The molecule has 57 heavy (non-hydrogen) atoms. The van der Waals surface area contributed by atoms with Crippen molar-refractivity contribution in [3.63, 3.8) is 0 Å². The number of nitrogens with zero attached hydrogens (tertiary/aromatic N) is 2. The highest BCUT2D eigenvalue weighted by Crippen LogP contribution is 2.62. The lowest BCUT2D eigenvalue weighted by Crippen LogP contribution is -2.34. The van der Waals surface area contributed by atoms with Crippen molar-refractivity contribution in [1.82, 2.24) is 5.32 Å². The molecule has 3 nitrogen and oxygen atoms in total. The summed E-state index contributed by atoms with van der Waals surface area (Å²) in [5, 5.41) is 16.6. The van der Waals surface area contributed by atoms with Crippen molar-refractivity contribution in [2.24, 2.45) is 9.98 Å². The number of hydrogen-bond donors (Lipinski definition) is 1. The molecule has 264 valence electrons. The fourth-order valence-corrected chi connectivity index (χ4v) is 10.5. The Balaban J connectivity index is 1.01. The number of amidine groups is 2. The fourth-order valence-electron chi connectivity index (χ4n) is 10.5. The molecule has 1 unspecified atom stereocenters. The molecule has 0 aromatic heterocycles. The molecule has 1 atom stereocenters. The van der Waals surface area contributed by atoms with Gasteiger partial charge < -0.3 is 5.32 Å². The van der Waals surface area contributed by atoms with E-state index in [1.807, 2.05) is 6.07 Å². The summed E-state index contributed by atoms with van der Waals surface area (Å²) in [7, 11) is 0. The van der Waals surface area contributed by atoms with Crippen molar-refractivity contribution < 1.29 is 0 Å². The van der Waals surface area contributed by atoms with Crippen LogP contribution in [0.5, 0.6) is 0 Å². The summed E-state index contributed by atoms with van der Waals surface area (Å²) < 4.78 is 0. The van der Waals surface area contributed by atoms with E-state index in [0.717, 1.165) is 28.4 Å². The molecule has 2 aliphatic carbocycles. The van der Waals surface area contributed by atoms with Crippen LogP contribution < -0.4 is 5.32 Å². The van der Waals surface area contributed by atoms with Gasteiger partial charge in [0.25, 0.3) is 0 Å². The SMILES string of the molecule is c1ccc(C2=NC(c3ccc4c(c3)C3(c5ccccc5-4)c4cccc5ccc6cccc3c6c45)NC(c3ccc4c5ccccc5c5ccccc5c4c3)=N2)cc1. The molecule has 0 saturated carbocycles. The van der Waals surface area contributed by atoms with Gasteiger partial charge in [-0.05, 0) is 105 Å². The summed E-state index contributed by atoms with van der Waals surface area (Å²) in [5.41, 5.74) is 10.6. The number of benzene rings is 10. The third-order valence-electron chi connectivity index (χ3n) is 12.9. The van der Waals surface area contributed by atoms with Crippen LogP contribution in [0.15, 0.2) is 198 Å². The molecule has 1 aliphatic heterocycles. The Kier molecular flexibility index (Phi) is 6.15. The maximum atomic E-state index is 5.38. The molecule has 1 N–H and O–H groups in total.